The summed E-state index contributed by atoms with van der Waals surface area (Å²) in [6.07, 6.45) is 0. The quantitative estimate of drug-likeness (QED) is 0.414. The number of halogens is 2. The molecule has 0 aliphatic carbocycles. The standard InChI is InChI=1S/C21H22F2N4O7/c1-32-17-10-15(16(27(30)31)11-18(17)34-21(22)23)20(29)25-14-4-2-13(3-5-14)24-19(28)12-26-6-8-33-9-7-26/h2-5,10-11,21H,6-9,12H2,1H3,(H,24,28)(H,25,29). The van der Waals surface area contributed by atoms with Crippen LogP contribution >= 0.6 is 0 Å². The van der Waals surface area contributed by atoms with Crippen LogP contribution in [0.1, 0.15) is 10.4 Å². The Hall–Kier alpha value is -3.84. The van der Waals surface area contributed by atoms with E-state index in [1.807, 2.05) is 4.90 Å². The van der Waals surface area contributed by atoms with Gasteiger partial charge >= 0.3 is 6.61 Å². The monoisotopic (exact) mass is 480 g/mol. The number of alkyl halides is 2. The lowest BCUT2D eigenvalue weighted by atomic mass is 10.1. The van der Waals surface area contributed by atoms with Crippen LogP contribution in [0.3, 0.4) is 0 Å². The highest BCUT2D eigenvalue weighted by molar-refractivity contribution is 6.07. The van der Waals surface area contributed by atoms with Crippen LogP contribution in [0.15, 0.2) is 36.4 Å². The van der Waals surface area contributed by atoms with Crippen molar-refractivity contribution in [2.45, 2.75) is 6.61 Å². The first-order valence-corrected chi connectivity index (χ1v) is 10.1. The number of nitro benzene ring substituents is 1. The number of carbonyl (C=O) groups excluding carboxylic acids is 2. The van der Waals surface area contributed by atoms with Gasteiger partial charge in [0, 0.05) is 30.5 Å². The van der Waals surface area contributed by atoms with E-state index in [4.69, 9.17) is 9.47 Å². The van der Waals surface area contributed by atoms with Crippen molar-refractivity contribution in [3.05, 3.63) is 52.1 Å². The van der Waals surface area contributed by atoms with Crippen LogP contribution in [-0.2, 0) is 9.53 Å². The van der Waals surface area contributed by atoms with Gasteiger partial charge in [0.1, 0.15) is 5.56 Å². The zero-order valence-electron chi connectivity index (χ0n) is 18.1. The number of nitro groups is 1. The predicted octanol–water partition coefficient (Wildman–Crippen LogP) is 2.73. The molecule has 1 aliphatic heterocycles. The van der Waals surface area contributed by atoms with Crippen LogP contribution in [0.2, 0.25) is 0 Å². The van der Waals surface area contributed by atoms with E-state index in [0.717, 1.165) is 13.2 Å². The first-order valence-electron chi connectivity index (χ1n) is 10.1. The molecule has 0 aromatic heterocycles. The number of ether oxygens (including phenoxy) is 3. The Morgan fingerprint density at radius 2 is 1.74 bits per heavy atom. The highest BCUT2D eigenvalue weighted by Gasteiger charge is 2.26. The van der Waals surface area contributed by atoms with E-state index in [1.54, 1.807) is 12.1 Å². The molecule has 2 amide bonds. The lowest BCUT2D eigenvalue weighted by Crippen LogP contribution is -2.41. The van der Waals surface area contributed by atoms with Gasteiger partial charge in [-0.25, -0.2) is 0 Å². The molecule has 0 bridgehead atoms. The van der Waals surface area contributed by atoms with Gasteiger partial charge in [0.15, 0.2) is 11.5 Å². The van der Waals surface area contributed by atoms with Crippen molar-refractivity contribution in [2.75, 3.05) is 50.6 Å². The Kier molecular flexibility index (Phi) is 8.27. The van der Waals surface area contributed by atoms with E-state index in [0.29, 0.717) is 38.1 Å². The van der Waals surface area contributed by atoms with Gasteiger partial charge in [-0.1, -0.05) is 0 Å². The Labute approximate surface area is 192 Å². The third-order valence-electron chi connectivity index (χ3n) is 4.84. The van der Waals surface area contributed by atoms with Crippen molar-refractivity contribution in [2.24, 2.45) is 0 Å². The number of methoxy groups -OCH3 is 1. The molecule has 13 heteroatoms. The highest BCUT2D eigenvalue weighted by atomic mass is 19.3. The second kappa shape index (κ2) is 11.3. The average Bonchev–Trinajstić information content (AvgIpc) is 2.80. The maximum absolute atomic E-state index is 12.7. The van der Waals surface area contributed by atoms with E-state index in [2.05, 4.69) is 15.4 Å². The number of nitrogens with zero attached hydrogens (tertiary/aromatic N) is 2. The van der Waals surface area contributed by atoms with Gasteiger partial charge in [-0.2, -0.15) is 8.78 Å². The fraction of sp³-hybridized carbons (Fsp3) is 0.333. The molecule has 2 aromatic rings. The Bertz CT molecular complexity index is 1040. The SMILES string of the molecule is COc1cc(C(=O)Nc2ccc(NC(=O)CN3CCOCC3)cc2)c([N+](=O)[O-])cc1OC(F)F. The van der Waals surface area contributed by atoms with Crippen molar-refractivity contribution in [1.29, 1.82) is 0 Å². The van der Waals surface area contributed by atoms with Crippen LogP contribution in [0, 0.1) is 10.1 Å². The molecule has 1 heterocycles. The first kappa shape index (κ1) is 24.8. The molecule has 2 N–H and O–H groups in total. The largest absolute Gasteiger partial charge is 0.493 e. The van der Waals surface area contributed by atoms with E-state index in [9.17, 15) is 28.5 Å². The van der Waals surface area contributed by atoms with Crippen LogP contribution in [-0.4, -0.2) is 68.2 Å². The number of hydrogen-bond donors (Lipinski definition) is 2. The summed E-state index contributed by atoms with van der Waals surface area (Å²) < 4.78 is 39.6. The number of amides is 2. The molecule has 0 saturated carbocycles. The highest BCUT2D eigenvalue weighted by Crippen LogP contribution is 2.36. The molecule has 1 fully saturated rings. The van der Waals surface area contributed by atoms with Gasteiger partial charge < -0.3 is 24.8 Å². The number of anilines is 2. The van der Waals surface area contributed by atoms with Crippen LogP contribution in [0.5, 0.6) is 11.5 Å². The van der Waals surface area contributed by atoms with Crippen LogP contribution < -0.4 is 20.1 Å². The van der Waals surface area contributed by atoms with Crippen molar-refractivity contribution < 1.29 is 37.5 Å². The van der Waals surface area contributed by atoms with Crippen LogP contribution in [0.4, 0.5) is 25.8 Å². The summed E-state index contributed by atoms with van der Waals surface area (Å²) in [6, 6.07) is 7.76. The number of rotatable bonds is 9. The zero-order valence-corrected chi connectivity index (χ0v) is 18.1. The Balaban J connectivity index is 1.69. The van der Waals surface area contributed by atoms with Gasteiger partial charge in [-0.15, -0.1) is 0 Å². The minimum absolute atomic E-state index is 0.201. The molecule has 1 aliphatic rings. The van der Waals surface area contributed by atoms with Crippen molar-refractivity contribution in [1.82, 2.24) is 4.90 Å². The number of carbonyl (C=O) groups is 2. The molecular formula is C21H22F2N4O7. The molecule has 2 aromatic carbocycles. The van der Waals surface area contributed by atoms with Crippen molar-refractivity contribution in [3.8, 4) is 11.5 Å². The average molecular weight is 480 g/mol. The lowest BCUT2D eigenvalue weighted by molar-refractivity contribution is -0.385. The molecular weight excluding hydrogens is 458 g/mol. The summed E-state index contributed by atoms with van der Waals surface area (Å²) in [5.74, 6) is -1.91. The summed E-state index contributed by atoms with van der Waals surface area (Å²) >= 11 is 0. The number of hydrogen-bond acceptors (Lipinski definition) is 8. The summed E-state index contributed by atoms with van der Waals surface area (Å²) in [7, 11) is 1.15. The van der Waals surface area contributed by atoms with Crippen molar-refractivity contribution in [3.63, 3.8) is 0 Å². The predicted molar refractivity (Wildman–Crippen MR) is 117 cm³/mol. The van der Waals surface area contributed by atoms with Gasteiger partial charge in [0.2, 0.25) is 5.91 Å². The normalized spacial score (nSPS) is 13.9. The fourth-order valence-electron chi connectivity index (χ4n) is 3.23. The second-order valence-electron chi connectivity index (χ2n) is 7.12. The zero-order chi connectivity index (χ0) is 24.7. The third kappa shape index (κ3) is 6.59. The molecule has 11 nitrogen and oxygen atoms in total. The van der Waals surface area contributed by atoms with Gasteiger partial charge in [0.25, 0.3) is 11.6 Å². The fourth-order valence-corrected chi connectivity index (χ4v) is 3.23. The smallest absolute Gasteiger partial charge is 0.387 e. The summed E-state index contributed by atoms with van der Waals surface area (Å²) in [5, 5.41) is 16.6. The molecule has 0 spiro atoms. The molecule has 34 heavy (non-hydrogen) atoms. The van der Waals surface area contributed by atoms with E-state index < -0.39 is 34.4 Å². The molecule has 3 rings (SSSR count). The maximum Gasteiger partial charge on any atom is 0.387 e. The molecule has 182 valence electrons. The van der Waals surface area contributed by atoms with Gasteiger partial charge in [-0.05, 0) is 24.3 Å². The molecule has 1 saturated heterocycles. The topological polar surface area (TPSA) is 132 Å². The number of nitrogens with one attached hydrogen (secondary N) is 2. The summed E-state index contributed by atoms with van der Waals surface area (Å²) in [4.78, 5) is 37.3. The Morgan fingerprint density at radius 1 is 1.12 bits per heavy atom. The molecule has 0 unspecified atom stereocenters. The second-order valence-corrected chi connectivity index (χ2v) is 7.12. The third-order valence-corrected chi connectivity index (χ3v) is 4.84. The van der Waals surface area contributed by atoms with E-state index >= 15 is 0 Å². The van der Waals surface area contributed by atoms with Crippen LogP contribution in [0.25, 0.3) is 0 Å². The van der Waals surface area contributed by atoms with Gasteiger partial charge in [-0.3, -0.25) is 24.6 Å². The minimum atomic E-state index is -3.24. The summed E-state index contributed by atoms with van der Waals surface area (Å²) in [5.41, 5.74) is -0.359. The maximum atomic E-state index is 12.7. The molecule has 0 atom stereocenters. The first-order chi connectivity index (χ1) is 16.3. The van der Waals surface area contributed by atoms with E-state index in [1.165, 1.54) is 12.1 Å². The van der Waals surface area contributed by atoms with E-state index in [-0.39, 0.29) is 23.9 Å². The summed E-state index contributed by atoms with van der Waals surface area (Å²) in [6.45, 7) is -0.518. The molecule has 0 radical (unpaired) electrons. The number of benzene rings is 2. The van der Waals surface area contributed by atoms with Crippen molar-refractivity contribution >= 4 is 28.9 Å². The number of morpholine rings is 1. The minimum Gasteiger partial charge on any atom is -0.493 e. The van der Waals surface area contributed by atoms with Gasteiger partial charge in [0.05, 0.1) is 37.9 Å². The Morgan fingerprint density at radius 3 is 2.29 bits per heavy atom. The lowest BCUT2D eigenvalue weighted by Gasteiger charge is -2.25.